The van der Waals surface area contributed by atoms with Crippen molar-refractivity contribution in [2.75, 3.05) is 0 Å². The average Bonchev–Trinajstić information content (AvgIpc) is 2.79. The van der Waals surface area contributed by atoms with Crippen molar-refractivity contribution < 1.29 is 5.32 Å². The number of fused-ring (bicyclic) bond motifs is 2. The van der Waals surface area contributed by atoms with Gasteiger partial charge in [-0.2, -0.15) is 0 Å². The van der Waals surface area contributed by atoms with Gasteiger partial charge in [0.15, 0.2) is 0 Å². The fourth-order valence-electron chi connectivity index (χ4n) is 3.77. The molecule has 1 heterocycles. The van der Waals surface area contributed by atoms with Gasteiger partial charge in [0.1, 0.15) is 6.04 Å². The molecule has 132 valence electrons. The van der Waals surface area contributed by atoms with E-state index in [1.807, 2.05) is 17.8 Å². The van der Waals surface area contributed by atoms with Crippen LogP contribution in [0.25, 0.3) is 0 Å². The van der Waals surface area contributed by atoms with Crippen molar-refractivity contribution in [2.24, 2.45) is 0 Å². The normalized spacial score (nSPS) is 17.1. The van der Waals surface area contributed by atoms with Gasteiger partial charge in [-0.3, -0.25) is 0 Å². The summed E-state index contributed by atoms with van der Waals surface area (Å²) in [6.07, 6.45) is 2.09. The highest BCUT2D eigenvalue weighted by Crippen LogP contribution is 2.40. The van der Waals surface area contributed by atoms with Crippen molar-refractivity contribution in [1.29, 1.82) is 0 Å². The second-order valence-electron chi connectivity index (χ2n) is 7.06. The van der Waals surface area contributed by atoms with Gasteiger partial charge in [0.25, 0.3) is 0 Å². The molecule has 0 aliphatic carbocycles. The van der Waals surface area contributed by atoms with Gasteiger partial charge in [-0.25, -0.2) is 0 Å². The monoisotopic (exact) mass is 380 g/mol. The Balaban J connectivity index is 1.61. The first-order chi connectivity index (χ1) is 12.7. The Morgan fingerprint density at radius 1 is 1.00 bits per heavy atom. The molecular weight excluding hydrogens is 358 g/mol. The highest BCUT2D eigenvalue weighted by molar-refractivity contribution is 7.99. The summed E-state index contributed by atoms with van der Waals surface area (Å²) < 4.78 is 0. The van der Waals surface area contributed by atoms with E-state index in [0.29, 0.717) is 12.1 Å². The molecule has 3 aromatic rings. The molecule has 3 heteroatoms. The standard InChI is InChI=1S/C23H22ClNS/c1-16(13-17-7-3-2-4-8-17)25-21-15-18-14-19(24)11-12-22(18)26-23-10-6-5-9-20(21)23/h2-12,14,16,21,25H,13,15H2,1H3/p+1/t16-,21+/m0/s1. The van der Waals surface area contributed by atoms with Gasteiger partial charge >= 0.3 is 0 Å². The first-order valence-electron chi connectivity index (χ1n) is 9.13. The predicted octanol–water partition coefficient (Wildman–Crippen LogP) is 5.28. The SMILES string of the molecule is C[C@@H](Cc1ccccc1)[NH2+][C@@H]1Cc2cc(Cl)ccc2Sc2ccccc21. The maximum atomic E-state index is 6.28. The Bertz CT molecular complexity index is 894. The van der Waals surface area contributed by atoms with E-state index in [1.54, 1.807) is 0 Å². The van der Waals surface area contributed by atoms with Crippen LogP contribution < -0.4 is 5.32 Å². The van der Waals surface area contributed by atoms with Crippen LogP contribution in [-0.4, -0.2) is 6.04 Å². The fourth-order valence-corrected chi connectivity index (χ4v) is 5.10. The largest absolute Gasteiger partial charge is 0.337 e. The third-order valence-electron chi connectivity index (χ3n) is 4.96. The van der Waals surface area contributed by atoms with E-state index in [0.717, 1.165) is 17.9 Å². The van der Waals surface area contributed by atoms with Gasteiger partial charge in [0, 0.05) is 33.2 Å². The average molecular weight is 381 g/mol. The minimum atomic E-state index is 0.414. The lowest BCUT2D eigenvalue weighted by Crippen LogP contribution is -2.91. The molecule has 26 heavy (non-hydrogen) atoms. The fraction of sp³-hybridized carbons (Fsp3) is 0.217. The molecule has 0 amide bonds. The summed E-state index contributed by atoms with van der Waals surface area (Å²) in [7, 11) is 0. The summed E-state index contributed by atoms with van der Waals surface area (Å²) in [5, 5.41) is 3.36. The summed E-state index contributed by atoms with van der Waals surface area (Å²) >= 11 is 8.15. The van der Waals surface area contributed by atoms with E-state index < -0.39 is 0 Å². The smallest absolute Gasteiger partial charge is 0.117 e. The molecule has 0 radical (unpaired) electrons. The van der Waals surface area contributed by atoms with Crippen LogP contribution in [0.2, 0.25) is 5.02 Å². The van der Waals surface area contributed by atoms with Crippen molar-refractivity contribution in [3.63, 3.8) is 0 Å². The third-order valence-corrected chi connectivity index (χ3v) is 6.41. The van der Waals surface area contributed by atoms with Crippen molar-refractivity contribution in [2.45, 2.75) is 41.6 Å². The molecule has 0 unspecified atom stereocenters. The number of hydrogen-bond donors (Lipinski definition) is 1. The van der Waals surface area contributed by atoms with Crippen molar-refractivity contribution in [1.82, 2.24) is 0 Å². The molecule has 0 aromatic heterocycles. The highest BCUT2D eigenvalue weighted by Gasteiger charge is 2.26. The van der Waals surface area contributed by atoms with Gasteiger partial charge in [0.2, 0.25) is 0 Å². The van der Waals surface area contributed by atoms with E-state index in [2.05, 4.69) is 79.0 Å². The predicted molar refractivity (Wildman–Crippen MR) is 110 cm³/mol. The molecule has 1 aliphatic rings. The van der Waals surface area contributed by atoms with Gasteiger partial charge in [-0.15, -0.1) is 0 Å². The molecule has 0 bridgehead atoms. The molecule has 1 nitrogen and oxygen atoms in total. The first kappa shape index (κ1) is 17.7. The van der Waals surface area contributed by atoms with Crippen molar-refractivity contribution >= 4 is 23.4 Å². The number of hydrogen-bond acceptors (Lipinski definition) is 1. The molecule has 0 fully saturated rings. The zero-order valence-electron chi connectivity index (χ0n) is 14.9. The van der Waals surface area contributed by atoms with Crippen molar-refractivity contribution in [3.05, 3.63) is 94.5 Å². The first-order valence-corrected chi connectivity index (χ1v) is 10.3. The van der Waals surface area contributed by atoms with Crippen molar-refractivity contribution in [3.8, 4) is 0 Å². The highest BCUT2D eigenvalue weighted by atomic mass is 35.5. The van der Waals surface area contributed by atoms with Gasteiger partial charge < -0.3 is 5.32 Å². The van der Waals surface area contributed by atoms with E-state index >= 15 is 0 Å². The topological polar surface area (TPSA) is 16.6 Å². The van der Waals surface area contributed by atoms with Crippen LogP contribution in [-0.2, 0) is 12.8 Å². The number of halogens is 1. The Morgan fingerprint density at radius 2 is 1.77 bits per heavy atom. The third kappa shape index (κ3) is 3.98. The Hall–Kier alpha value is -1.74. The van der Waals surface area contributed by atoms with Gasteiger partial charge in [-0.05, 0) is 42.3 Å². The van der Waals surface area contributed by atoms with Gasteiger partial charge in [0.05, 0.1) is 6.04 Å². The van der Waals surface area contributed by atoms with Crippen LogP contribution >= 0.6 is 23.4 Å². The number of nitrogens with two attached hydrogens (primary N) is 1. The maximum Gasteiger partial charge on any atom is 0.117 e. The zero-order chi connectivity index (χ0) is 17.9. The second kappa shape index (κ2) is 7.87. The lowest BCUT2D eigenvalue weighted by atomic mass is 9.97. The zero-order valence-corrected chi connectivity index (χ0v) is 16.4. The summed E-state index contributed by atoms with van der Waals surface area (Å²) in [4.78, 5) is 2.69. The van der Waals surface area contributed by atoms with Gasteiger partial charge in [-0.1, -0.05) is 71.9 Å². The number of rotatable bonds is 4. The molecule has 1 aliphatic heterocycles. The Morgan fingerprint density at radius 3 is 2.62 bits per heavy atom. The molecule has 2 N–H and O–H groups in total. The van der Waals surface area contributed by atoms with Crippen LogP contribution in [0, 0.1) is 0 Å². The minimum absolute atomic E-state index is 0.414. The summed E-state index contributed by atoms with van der Waals surface area (Å²) in [6, 6.07) is 26.8. The second-order valence-corrected chi connectivity index (χ2v) is 8.58. The lowest BCUT2D eigenvalue weighted by Gasteiger charge is -2.21. The quantitative estimate of drug-likeness (QED) is 0.651. The van der Waals surface area contributed by atoms with Crippen LogP contribution in [0.1, 0.15) is 29.7 Å². The van der Waals surface area contributed by atoms with Crippen LogP contribution in [0.5, 0.6) is 0 Å². The van der Waals surface area contributed by atoms with Crippen LogP contribution in [0.3, 0.4) is 0 Å². The molecule has 0 saturated heterocycles. The molecular formula is C23H23ClNS+. The van der Waals surface area contributed by atoms with Crippen LogP contribution in [0.15, 0.2) is 82.6 Å². The van der Waals surface area contributed by atoms with Crippen LogP contribution in [0.4, 0.5) is 0 Å². The Kier molecular flexibility index (Phi) is 5.35. The van der Waals surface area contributed by atoms with E-state index in [9.17, 15) is 0 Å². The summed E-state index contributed by atoms with van der Waals surface area (Å²) in [5.74, 6) is 0. The maximum absolute atomic E-state index is 6.28. The molecule has 4 rings (SSSR count). The van der Waals surface area contributed by atoms with E-state index in [1.165, 1.54) is 26.5 Å². The lowest BCUT2D eigenvalue weighted by molar-refractivity contribution is -0.725. The molecule has 0 spiro atoms. The van der Waals surface area contributed by atoms with E-state index in [-0.39, 0.29) is 0 Å². The summed E-state index contributed by atoms with van der Waals surface area (Å²) in [6.45, 7) is 2.33. The Labute approximate surface area is 164 Å². The molecule has 0 saturated carbocycles. The summed E-state index contributed by atoms with van der Waals surface area (Å²) in [5.41, 5.74) is 4.19. The molecule has 3 aromatic carbocycles. The number of quaternary nitrogens is 1. The van der Waals surface area contributed by atoms with E-state index in [4.69, 9.17) is 11.6 Å². The number of benzene rings is 3. The molecule has 2 atom stereocenters. The minimum Gasteiger partial charge on any atom is -0.337 e.